The summed E-state index contributed by atoms with van der Waals surface area (Å²) in [4.78, 5) is 23.5. The number of rotatable bonds is 7. The van der Waals surface area contributed by atoms with Gasteiger partial charge in [0.1, 0.15) is 6.07 Å². The zero-order valence-corrected chi connectivity index (χ0v) is 23.0. The number of pyridine rings is 1. The topological polar surface area (TPSA) is 108 Å². The van der Waals surface area contributed by atoms with E-state index in [9.17, 15) is 15.2 Å². The minimum atomic E-state index is -0.838. The summed E-state index contributed by atoms with van der Waals surface area (Å²) in [7, 11) is 0. The number of nitrogens with one attached hydrogen (secondary N) is 2. The smallest absolute Gasteiger partial charge is 0.407 e. The van der Waals surface area contributed by atoms with Crippen molar-refractivity contribution >= 4 is 34.4 Å². The van der Waals surface area contributed by atoms with Crippen LogP contribution in [0.25, 0.3) is 17.0 Å². The SMILES string of the molecule is Cc1ncc(C#N)c(Nc2ccc3[nH]ccc3c2C)c1C=CCCN1CCC(N(C(=O)O)C(C)(C)C)CC1. The predicted octanol–water partition coefficient (Wildman–Crippen LogP) is 6.44. The highest BCUT2D eigenvalue weighted by molar-refractivity contribution is 5.90. The van der Waals surface area contributed by atoms with Crippen LogP contribution in [0.3, 0.4) is 0 Å². The van der Waals surface area contributed by atoms with Gasteiger partial charge in [-0.15, -0.1) is 0 Å². The molecule has 3 N–H and O–H groups in total. The fourth-order valence-electron chi connectivity index (χ4n) is 5.45. The first-order valence-corrected chi connectivity index (χ1v) is 13.2. The number of carbonyl (C=O) groups is 1. The van der Waals surface area contributed by atoms with E-state index in [4.69, 9.17) is 0 Å². The van der Waals surface area contributed by atoms with Crippen molar-refractivity contribution in [3.05, 3.63) is 59.1 Å². The molecular formula is C30H38N6O2. The van der Waals surface area contributed by atoms with E-state index in [2.05, 4.69) is 51.4 Å². The molecule has 0 saturated carbocycles. The molecular weight excluding hydrogens is 476 g/mol. The minimum Gasteiger partial charge on any atom is -0.465 e. The number of benzene rings is 1. The molecule has 3 aromatic rings. The van der Waals surface area contributed by atoms with Gasteiger partial charge in [0.15, 0.2) is 0 Å². The van der Waals surface area contributed by atoms with Crippen LogP contribution >= 0.6 is 0 Å². The second-order valence-corrected chi connectivity index (χ2v) is 11.0. The second-order valence-electron chi connectivity index (χ2n) is 11.0. The van der Waals surface area contributed by atoms with Crippen LogP contribution in [0.1, 0.15) is 62.4 Å². The lowest BCUT2D eigenvalue weighted by atomic mass is 9.97. The molecule has 2 aromatic heterocycles. The molecule has 0 aliphatic carbocycles. The van der Waals surface area contributed by atoms with E-state index < -0.39 is 11.6 Å². The number of H-pyrrole nitrogens is 1. The third-order valence-corrected chi connectivity index (χ3v) is 7.45. The molecule has 0 bridgehead atoms. The number of piperidine rings is 1. The standard InChI is InChI=1S/C30H38N6O2/c1-20-24-11-14-32-27(24)10-9-26(20)34-28-22(18-31)19-33-21(2)25(28)8-6-7-15-35-16-12-23(13-17-35)36(29(37)38)30(3,4)5/h6,8-11,14,19,23,32H,7,12-13,15-17H2,1-5H3,(H,33,34)(H,37,38). The van der Waals surface area contributed by atoms with Gasteiger partial charge in [-0.2, -0.15) is 5.26 Å². The van der Waals surface area contributed by atoms with Crippen LogP contribution < -0.4 is 5.32 Å². The average Bonchev–Trinajstić information content (AvgIpc) is 3.34. The van der Waals surface area contributed by atoms with Gasteiger partial charge in [-0.05, 0) is 77.6 Å². The highest BCUT2D eigenvalue weighted by Gasteiger charge is 2.34. The maximum absolute atomic E-state index is 11.8. The summed E-state index contributed by atoms with van der Waals surface area (Å²) in [6, 6.07) is 8.49. The number of fused-ring (bicyclic) bond motifs is 1. The number of aromatic amines is 1. The lowest BCUT2D eigenvalue weighted by molar-refractivity contribution is 0.0425. The molecule has 0 radical (unpaired) electrons. The summed E-state index contributed by atoms with van der Waals surface area (Å²) >= 11 is 0. The van der Waals surface area contributed by atoms with E-state index in [1.165, 1.54) is 0 Å². The summed E-state index contributed by atoms with van der Waals surface area (Å²) in [5, 5.41) is 24.2. The molecule has 1 saturated heterocycles. The molecule has 0 unspecified atom stereocenters. The summed E-state index contributed by atoms with van der Waals surface area (Å²) < 4.78 is 0. The van der Waals surface area contributed by atoms with Crippen LogP contribution in [0.4, 0.5) is 16.2 Å². The number of aromatic nitrogens is 2. The Kier molecular flexibility index (Phi) is 8.08. The van der Waals surface area contributed by atoms with Crippen molar-refractivity contribution in [2.24, 2.45) is 0 Å². The number of aryl methyl sites for hydroxylation is 2. The zero-order valence-electron chi connectivity index (χ0n) is 23.0. The van der Waals surface area contributed by atoms with Crippen LogP contribution in [0.15, 0.2) is 36.7 Å². The van der Waals surface area contributed by atoms with Gasteiger partial charge < -0.3 is 25.2 Å². The van der Waals surface area contributed by atoms with E-state index in [1.54, 1.807) is 11.1 Å². The van der Waals surface area contributed by atoms with E-state index in [-0.39, 0.29) is 6.04 Å². The van der Waals surface area contributed by atoms with Gasteiger partial charge in [-0.3, -0.25) is 4.98 Å². The van der Waals surface area contributed by atoms with Crippen molar-refractivity contribution in [2.45, 2.75) is 65.5 Å². The molecule has 1 aromatic carbocycles. The van der Waals surface area contributed by atoms with Crippen molar-refractivity contribution < 1.29 is 9.90 Å². The first-order chi connectivity index (χ1) is 18.1. The third-order valence-electron chi connectivity index (χ3n) is 7.45. The molecule has 0 spiro atoms. The molecule has 38 heavy (non-hydrogen) atoms. The Bertz CT molecular complexity index is 1370. The molecule has 1 aliphatic heterocycles. The van der Waals surface area contributed by atoms with Gasteiger partial charge in [0.25, 0.3) is 0 Å². The normalized spacial score (nSPS) is 15.2. The van der Waals surface area contributed by atoms with Gasteiger partial charge in [-0.1, -0.05) is 12.2 Å². The molecule has 200 valence electrons. The van der Waals surface area contributed by atoms with Gasteiger partial charge in [0, 0.05) is 71.5 Å². The van der Waals surface area contributed by atoms with E-state index in [0.29, 0.717) is 5.56 Å². The van der Waals surface area contributed by atoms with E-state index >= 15 is 0 Å². The highest BCUT2D eigenvalue weighted by Crippen LogP contribution is 2.32. The Balaban J connectivity index is 1.43. The zero-order chi connectivity index (χ0) is 27.4. The van der Waals surface area contributed by atoms with E-state index in [0.717, 1.165) is 78.0 Å². The van der Waals surface area contributed by atoms with Crippen LogP contribution in [-0.2, 0) is 0 Å². The van der Waals surface area contributed by atoms with Crippen molar-refractivity contribution in [3.63, 3.8) is 0 Å². The van der Waals surface area contributed by atoms with Crippen LogP contribution in [0.2, 0.25) is 0 Å². The van der Waals surface area contributed by atoms with Crippen LogP contribution in [-0.4, -0.2) is 62.2 Å². The van der Waals surface area contributed by atoms with E-state index in [1.807, 2.05) is 46.0 Å². The number of likely N-dealkylation sites (tertiary alicyclic amines) is 1. The third kappa shape index (κ3) is 5.84. The molecule has 8 nitrogen and oxygen atoms in total. The van der Waals surface area contributed by atoms with Crippen LogP contribution in [0, 0.1) is 25.2 Å². The largest absolute Gasteiger partial charge is 0.465 e. The molecule has 8 heteroatoms. The highest BCUT2D eigenvalue weighted by atomic mass is 16.4. The summed E-state index contributed by atoms with van der Waals surface area (Å²) in [5.41, 5.74) is 5.81. The van der Waals surface area contributed by atoms with Crippen molar-refractivity contribution in [2.75, 3.05) is 25.0 Å². The molecule has 3 heterocycles. The maximum atomic E-state index is 11.8. The number of hydrogen-bond acceptors (Lipinski definition) is 5. The fourth-order valence-corrected chi connectivity index (χ4v) is 5.45. The molecule has 4 rings (SSSR count). The Morgan fingerprint density at radius 1 is 1.29 bits per heavy atom. The lowest BCUT2D eigenvalue weighted by Gasteiger charge is -2.43. The quantitative estimate of drug-likeness (QED) is 0.335. The molecule has 1 aliphatic rings. The predicted molar refractivity (Wildman–Crippen MR) is 153 cm³/mol. The summed E-state index contributed by atoms with van der Waals surface area (Å²) in [5.74, 6) is 0. The van der Waals surface area contributed by atoms with Crippen molar-refractivity contribution in [1.82, 2.24) is 19.8 Å². The Hall–Kier alpha value is -3.83. The second kappa shape index (κ2) is 11.3. The number of hydrogen-bond donors (Lipinski definition) is 3. The number of nitrogens with zero attached hydrogens (tertiary/aromatic N) is 4. The number of carboxylic acid groups (broad SMARTS) is 1. The Labute approximate surface area is 225 Å². The van der Waals surface area contributed by atoms with Gasteiger partial charge in [-0.25, -0.2) is 4.79 Å². The minimum absolute atomic E-state index is 0.0596. The molecule has 1 fully saturated rings. The van der Waals surface area contributed by atoms with Gasteiger partial charge >= 0.3 is 6.09 Å². The lowest BCUT2D eigenvalue weighted by Crippen LogP contribution is -2.54. The maximum Gasteiger partial charge on any atom is 0.407 e. The van der Waals surface area contributed by atoms with Crippen LogP contribution in [0.5, 0.6) is 0 Å². The Morgan fingerprint density at radius 2 is 2.03 bits per heavy atom. The average molecular weight is 515 g/mol. The van der Waals surface area contributed by atoms with Gasteiger partial charge in [0.05, 0.1) is 11.3 Å². The number of amides is 1. The monoisotopic (exact) mass is 514 g/mol. The Morgan fingerprint density at radius 3 is 2.68 bits per heavy atom. The first-order valence-electron chi connectivity index (χ1n) is 13.2. The first kappa shape index (κ1) is 27.2. The van der Waals surface area contributed by atoms with Crippen molar-refractivity contribution in [3.8, 4) is 6.07 Å². The number of anilines is 2. The molecule has 1 amide bonds. The van der Waals surface area contributed by atoms with Gasteiger partial charge in [0.2, 0.25) is 0 Å². The molecule has 0 atom stereocenters. The summed E-state index contributed by atoms with van der Waals surface area (Å²) in [6.07, 6.45) is 9.48. The number of nitriles is 1. The summed E-state index contributed by atoms with van der Waals surface area (Å²) in [6.45, 7) is 12.6. The van der Waals surface area contributed by atoms with Crippen molar-refractivity contribution in [1.29, 1.82) is 5.26 Å². The fraction of sp³-hybridized carbons (Fsp3) is 0.433.